The van der Waals surface area contributed by atoms with E-state index in [0.29, 0.717) is 0 Å². The molecule has 3 rings (SSSR count). The van der Waals surface area contributed by atoms with Crippen LogP contribution in [0.5, 0.6) is 0 Å². The molecule has 0 saturated heterocycles. The van der Waals surface area contributed by atoms with Gasteiger partial charge in [-0.3, -0.25) is 4.79 Å². The highest BCUT2D eigenvalue weighted by atomic mass is 32.1. The van der Waals surface area contributed by atoms with Crippen LogP contribution in [0.3, 0.4) is 0 Å². The van der Waals surface area contributed by atoms with Gasteiger partial charge < -0.3 is 10.6 Å². The standard InChI is InChI=1S/C22H22F2N2OS/c1-2-5-15-9-11-16(12-10-15)21(19-8-4-13-28-19)25-14-20(27)26-22-17(23)6-3-7-18(22)24/h3-4,6-13,21,25H,2,5,14H2,1H3,(H,26,27)/p+1/t21-/m0/s1. The average molecular weight is 402 g/mol. The van der Waals surface area contributed by atoms with Gasteiger partial charge in [-0.05, 0) is 35.6 Å². The number of nitrogens with two attached hydrogens (primary N) is 1. The van der Waals surface area contributed by atoms with E-state index in [2.05, 4.69) is 36.5 Å². The topological polar surface area (TPSA) is 45.7 Å². The zero-order valence-electron chi connectivity index (χ0n) is 15.6. The van der Waals surface area contributed by atoms with Gasteiger partial charge in [-0.15, -0.1) is 11.3 Å². The summed E-state index contributed by atoms with van der Waals surface area (Å²) in [4.78, 5) is 13.4. The van der Waals surface area contributed by atoms with Crippen molar-refractivity contribution in [3.05, 3.63) is 87.6 Å². The fraction of sp³-hybridized carbons (Fsp3) is 0.227. The number of amides is 1. The smallest absolute Gasteiger partial charge is 0.279 e. The van der Waals surface area contributed by atoms with E-state index in [-0.39, 0.29) is 12.6 Å². The van der Waals surface area contributed by atoms with Crippen molar-refractivity contribution >= 4 is 22.9 Å². The molecule has 1 heterocycles. The molecule has 1 aromatic heterocycles. The van der Waals surface area contributed by atoms with Gasteiger partial charge in [0.2, 0.25) is 0 Å². The van der Waals surface area contributed by atoms with Gasteiger partial charge in [-0.2, -0.15) is 0 Å². The molecule has 0 aliphatic heterocycles. The molecule has 146 valence electrons. The van der Waals surface area contributed by atoms with E-state index in [0.717, 1.165) is 35.4 Å². The highest BCUT2D eigenvalue weighted by Crippen LogP contribution is 2.23. The first-order chi connectivity index (χ1) is 13.6. The van der Waals surface area contributed by atoms with Crippen LogP contribution in [0.4, 0.5) is 14.5 Å². The molecule has 3 N–H and O–H groups in total. The number of nitrogens with one attached hydrogen (secondary N) is 1. The molecule has 0 spiro atoms. The number of carbonyl (C=O) groups is 1. The Morgan fingerprint density at radius 1 is 1.07 bits per heavy atom. The van der Waals surface area contributed by atoms with Crippen molar-refractivity contribution in [1.82, 2.24) is 0 Å². The fourth-order valence-corrected chi connectivity index (χ4v) is 3.95. The van der Waals surface area contributed by atoms with Crippen molar-refractivity contribution in [3.63, 3.8) is 0 Å². The van der Waals surface area contributed by atoms with Crippen LogP contribution in [-0.4, -0.2) is 12.5 Å². The van der Waals surface area contributed by atoms with Crippen LogP contribution in [0.1, 0.15) is 35.4 Å². The van der Waals surface area contributed by atoms with Crippen LogP contribution in [0.25, 0.3) is 0 Å². The normalized spacial score (nSPS) is 12.0. The SMILES string of the molecule is CCCc1ccc([C@H]([NH2+]CC(=O)Nc2c(F)cccc2F)c2cccs2)cc1. The summed E-state index contributed by atoms with van der Waals surface area (Å²) >= 11 is 1.62. The summed E-state index contributed by atoms with van der Waals surface area (Å²) in [6.45, 7) is 2.19. The molecular weight excluding hydrogens is 378 g/mol. The number of benzene rings is 2. The maximum absolute atomic E-state index is 13.7. The minimum absolute atomic E-state index is 0.0487. The third kappa shape index (κ3) is 5.03. The molecule has 1 atom stereocenters. The number of anilines is 1. The summed E-state index contributed by atoms with van der Waals surface area (Å²) in [6, 6.07) is 15.9. The van der Waals surface area contributed by atoms with Crippen molar-refractivity contribution < 1.29 is 18.9 Å². The lowest BCUT2D eigenvalue weighted by Gasteiger charge is -2.15. The van der Waals surface area contributed by atoms with Crippen molar-refractivity contribution in [3.8, 4) is 0 Å². The molecule has 3 aromatic rings. The van der Waals surface area contributed by atoms with Crippen LogP contribution >= 0.6 is 11.3 Å². The van der Waals surface area contributed by atoms with Crippen molar-refractivity contribution in [2.45, 2.75) is 25.8 Å². The molecule has 0 aliphatic rings. The Morgan fingerprint density at radius 2 is 1.79 bits per heavy atom. The monoisotopic (exact) mass is 401 g/mol. The number of hydrogen-bond acceptors (Lipinski definition) is 2. The van der Waals surface area contributed by atoms with E-state index in [4.69, 9.17) is 0 Å². The summed E-state index contributed by atoms with van der Waals surface area (Å²) in [5, 5.41) is 6.22. The van der Waals surface area contributed by atoms with Gasteiger partial charge in [0.1, 0.15) is 23.4 Å². The maximum Gasteiger partial charge on any atom is 0.279 e. The average Bonchev–Trinajstić information content (AvgIpc) is 3.21. The van der Waals surface area contributed by atoms with Gasteiger partial charge >= 0.3 is 0 Å². The van der Waals surface area contributed by atoms with Crippen LogP contribution in [-0.2, 0) is 11.2 Å². The van der Waals surface area contributed by atoms with Gasteiger partial charge in [0, 0.05) is 5.56 Å². The molecule has 6 heteroatoms. The summed E-state index contributed by atoms with van der Waals surface area (Å²) < 4.78 is 27.5. The second-order valence-electron chi connectivity index (χ2n) is 6.57. The highest BCUT2D eigenvalue weighted by molar-refractivity contribution is 7.10. The van der Waals surface area contributed by atoms with E-state index in [1.807, 2.05) is 22.8 Å². The molecule has 28 heavy (non-hydrogen) atoms. The van der Waals surface area contributed by atoms with Gasteiger partial charge in [-0.1, -0.05) is 49.7 Å². The minimum atomic E-state index is -0.783. The summed E-state index contributed by atoms with van der Waals surface area (Å²) in [7, 11) is 0. The van der Waals surface area contributed by atoms with Crippen molar-refractivity contribution in [1.29, 1.82) is 0 Å². The van der Waals surface area contributed by atoms with Crippen molar-refractivity contribution in [2.75, 3.05) is 11.9 Å². The molecule has 0 fully saturated rings. The number of quaternary nitrogens is 1. The zero-order valence-corrected chi connectivity index (χ0v) is 16.4. The number of hydrogen-bond donors (Lipinski definition) is 2. The van der Waals surface area contributed by atoms with Gasteiger partial charge in [-0.25, -0.2) is 8.78 Å². The quantitative estimate of drug-likeness (QED) is 0.582. The molecule has 2 aromatic carbocycles. The summed E-state index contributed by atoms with van der Waals surface area (Å²) in [5.74, 6) is -2.02. The van der Waals surface area contributed by atoms with E-state index >= 15 is 0 Å². The van der Waals surface area contributed by atoms with Gasteiger partial charge in [0.15, 0.2) is 6.54 Å². The van der Waals surface area contributed by atoms with E-state index in [1.54, 1.807) is 11.3 Å². The minimum Gasteiger partial charge on any atom is -0.328 e. The second-order valence-corrected chi connectivity index (χ2v) is 7.55. The lowest BCUT2D eigenvalue weighted by molar-refractivity contribution is -0.675. The molecule has 3 nitrogen and oxygen atoms in total. The van der Waals surface area contributed by atoms with Crippen LogP contribution in [0, 0.1) is 11.6 Å². The first-order valence-electron chi connectivity index (χ1n) is 9.28. The number of para-hydroxylation sites is 1. The molecule has 0 aliphatic carbocycles. The Morgan fingerprint density at radius 3 is 2.39 bits per heavy atom. The molecule has 0 bridgehead atoms. The highest BCUT2D eigenvalue weighted by Gasteiger charge is 2.21. The third-order valence-electron chi connectivity index (χ3n) is 4.49. The Balaban J connectivity index is 1.71. The maximum atomic E-state index is 13.7. The number of aryl methyl sites for hydroxylation is 1. The lowest BCUT2D eigenvalue weighted by atomic mass is 10.0. The summed E-state index contributed by atoms with van der Waals surface area (Å²) in [5.41, 5.74) is 1.97. The first-order valence-corrected chi connectivity index (χ1v) is 10.2. The van der Waals surface area contributed by atoms with E-state index < -0.39 is 23.2 Å². The second kappa shape index (κ2) is 9.57. The van der Waals surface area contributed by atoms with Crippen LogP contribution in [0.15, 0.2) is 60.0 Å². The number of halogens is 2. The molecule has 0 radical (unpaired) electrons. The Kier molecular flexibility index (Phi) is 6.90. The number of thiophene rings is 1. The van der Waals surface area contributed by atoms with Crippen LogP contribution < -0.4 is 10.6 Å². The Labute approximate surface area is 167 Å². The number of carbonyl (C=O) groups excluding carboxylic acids is 1. The predicted molar refractivity (Wildman–Crippen MR) is 108 cm³/mol. The lowest BCUT2D eigenvalue weighted by Crippen LogP contribution is -2.87. The van der Waals surface area contributed by atoms with E-state index in [1.165, 1.54) is 11.6 Å². The zero-order chi connectivity index (χ0) is 19.9. The molecule has 0 unspecified atom stereocenters. The van der Waals surface area contributed by atoms with E-state index in [9.17, 15) is 13.6 Å². The number of rotatable bonds is 8. The van der Waals surface area contributed by atoms with Gasteiger partial charge in [0.05, 0.1) is 4.88 Å². The van der Waals surface area contributed by atoms with Gasteiger partial charge in [0.25, 0.3) is 5.91 Å². The first kappa shape index (κ1) is 20.2. The molecule has 0 saturated carbocycles. The fourth-order valence-electron chi connectivity index (χ4n) is 3.10. The largest absolute Gasteiger partial charge is 0.328 e. The molecule has 1 amide bonds. The van der Waals surface area contributed by atoms with Crippen LogP contribution in [0.2, 0.25) is 0 Å². The predicted octanol–water partition coefficient (Wildman–Crippen LogP) is 4.27. The third-order valence-corrected chi connectivity index (χ3v) is 5.45. The Hall–Kier alpha value is -2.57. The molecular formula is C22H23F2N2OS+. The Bertz CT molecular complexity index is 891. The summed E-state index contributed by atoms with van der Waals surface area (Å²) in [6.07, 6.45) is 2.12. The van der Waals surface area contributed by atoms with Crippen molar-refractivity contribution in [2.24, 2.45) is 0 Å².